The average molecular weight is 258 g/mol. The molecule has 1 fully saturated rings. The molecule has 2 aliphatic heterocycles. The number of hydrogen-bond acceptors (Lipinski definition) is 2. The molecular formula is C16H22N2O. The molecule has 0 aromatic heterocycles. The molecule has 2 aliphatic rings. The van der Waals surface area contributed by atoms with Crippen LogP contribution < -0.4 is 4.90 Å². The average Bonchev–Trinajstić information content (AvgIpc) is 2.85. The number of carbonyl (C=O) groups excluding carboxylic acids is 1. The number of anilines is 1. The van der Waals surface area contributed by atoms with E-state index in [1.807, 2.05) is 11.0 Å². The largest absolute Gasteiger partial charge is 0.311 e. The number of nitrogens with zero attached hydrogens (tertiary/aromatic N) is 2. The molecular weight excluding hydrogens is 236 g/mol. The lowest BCUT2D eigenvalue weighted by molar-refractivity contribution is -0.120. The van der Waals surface area contributed by atoms with Gasteiger partial charge >= 0.3 is 0 Å². The Balaban J connectivity index is 1.68. The molecule has 0 radical (unpaired) electrons. The summed E-state index contributed by atoms with van der Waals surface area (Å²) in [6.07, 6.45) is 4.76. The molecule has 102 valence electrons. The van der Waals surface area contributed by atoms with Gasteiger partial charge in [0.2, 0.25) is 5.91 Å². The summed E-state index contributed by atoms with van der Waals surface area (Å²) in [4.78, 5) is 16.8. The van der Waals surface area contributed by atoms with E-state index in [2.05, 4.69) is 30.0 Å². The van der Waals surface area contributed by atoms with Crippen molar-refractivity contribution in [1.29, 1.82) is 0 Å². The van der Waals surface area contributed by atoms with Gasteiger partial charge in [0.15, 0.2) is 0 Å². The highest BCUT2D eigenvalue weighted by Crippen LogP contribution is 2.28. The number of para-hydroxylation sites is 1. The first-order chi connectivity index (χ1) is 9.25. The predicted octanol–water partition coefficient (Wildman–Crippen LogP) is 2.45. The number of amides is 1. The molecule has 1 atom stereocenters. The highest BCUT2D eigenvalue weighted by molar-refractivity contribution is 5.96. The lowest BCUT2D eigenvalue weighted by Gasteiger charge is -2.33. The summed E-state index contributed by atoms with van der Waals surface area (Å²) in [5.74, 6) is 0.263. The van der Waals surface area contributed by atoms with E-state index < -0.39 is 0 Å². The van der Waals surface area contributed by atoms with Crippen molar-refractivity contribution in [3.63, 3.8) is 0 Å². The number of fused-ring (bicyclic) bond motifs is 1. The van der Waals surface area contributed by atoms with Gasteiger partial charge in [0.1, 0.15) is 0 Å². The van der Waals surface area contributed by atoms with Gasteiger partial charge in [0.05, 0.1) is 6.54 Å². The maximum Gasteiger partial charge on any atom is 0.241 e. The number of benzene rings is 1. The molecule has 1 amide bonds. The second kappa shape index (κ2) is 5.33. The first kappa shape index (κ1) is 12.7. The van der Waals surface area contributed by atoms with E-state index in [1.165, 1.54) is 24.8 Å². The molecule has 0 aliphatic carbocycles. The monoisotopic (exact) mass is 258 g/mol. The van der Waals surface area contributed by atoms with Gasteiger partial charge in [-0.1, -0.05) is 24.6 Å². The second-order valence-corrected chi connectivity index (χ2v) is 5.74. The fourth-order valence-electron chi connectivity index (χ4n) is 3.25. The minimum atomic E-state index is 0.263. The van der Waals surface area contributed by atoms with E-state index >= 15 is 0 Å². The lowest BCUT2D eigenvalue weighted by atomic mass is 10.0. The number of rotatable bonds is 2. The molecule has 1 saturated heterocycles. The van der Waals surface area contributed by atoms with E-state index in [-0.39, 0.29) is 5.91 Å². The van der Waals surface area contributed by atoms with Crippen LogP contribution in [-0.2, 0) is 11.2 Å². The normalized spacial score (nSPS) is 23.4. The van der Waals surface area contributed by atoms with Crippen molar-refractivity contribution < 1.29 is 4.79 Å². The molecule has 0 spiro atoms. The van der Waals surface area contributed by atoms with Gasteiger partial charge in [-0.3, -0.25) is 9.69 Å². The van der Waals surface area contributed by atoms with E-state index in [9.17, 15) is 4.79 Å². The van der Waals surface area contributed by atoms with Crippen molar-refractivity contribution in [2.24, 2.45) is 0 Å². The highest BCUT2D eigenvalue weighted by Gasteiger charge is 2.27. The Bertz CT molecular complexity index is 472. The number of likely N-dealkylation sites (tertiary alicyclic amines) is 1. The molecule has 3 nitrogen and oxygen atoms in total. The van der Waals surface area contributed by atoms with Crippen molar-refractivity contribution in [2.75, 3.05) is 24.5 Å². The Labute approximate surface area is 115 Å². The Hall–Kier alpha value is -1.35. The van der Waals surface area contributed by atoms with Gasteiger partial charge in [0, 0.05) is 18.3 Å². The Morgan fingerprint density at radius 2 is 2.11 bits per heavy atom. The Kier molecular flexibility index (Phi) is 3.56. The van der Waals surface area contributed by atoms with Crippen LogP contribution in [-0.4, -0.2) is 36.5 Å². The smallest absolute Gasteiger partial charge is 0.241 e. The molecule has 0 N–H and O–H groups in total. The zero-order chi connectivity index (χ0) is 13.2. The summed E-state index contributed by atoms with van der Waals surface area (Å²) in [5.41, 5.74) is 2.43. The fourth-order valence-corrected chi connectivity index (χ4v) is 3.25. The SMILES string of the molecule is CC1CCCCN1CC(=O)N1CCc2ccccc21. The van der Waals surface area contributed by atoms with E-state index in [0.717, 1.165) is 25.2 Å². The summed E-state index contributed by atoms with van der Waals surface area (Å²) in [6.45, 7) is 4.74. The van der Waals surface area contributed by atoms with Crippen molar-refractivity contribution in [1.82, 2.24) is 4.90 Å². The van der Waals surface area contributed by atoms with Crippen LogP contribution in [0, 0.1) is 0 Å². The van der Waals surface area contributed by atoms with Gasteiger partial charge in [-0.15, -0.1) is 0 Å². The topological polar surface area (TPSA) is 23.6 Å². The second-order valence-electron chi connectivity index (χ2n) is 5.74. The Morgan fingerprint density at radius 1 is 1.26 bits per heavy atom. The number of piperidine rings is 1. The third kappa shape index (κ3) is 2.52. The quantitative estimate of drug-likeness (QED) is 0.813. The van der Waals surface area contributed by atoms with Gasteiger partial charge in [-0.25, -0.2) is 0 Å². The van der Waals surface area contributed by atoms with Crippen molar-refractivity contribution in [3.05, 3.63) is 29.8 Å². The van der Waals surface area contributed by atoms with Crippen LogP contribution in [0.15, 0.2) is 24.3 Å². The first-order valence-corrected chi connectivity index (χ1v) is 7.38. The van der Waals surface area contributed by atoms with Crippen LogP contribution in [0.4, 0.5) is 5.69 Å². The van der Waals surface area contributed by atoms with Gasteiger partial charge in [0.25, 0.3) is 0 Å². The number of hydrogen-bond donors (Lipinski definition) is 0. The van der Waals surface area contributed by atoms with Gasteiger partial charge in [-0.2, -0.15) is 0 Å². The van der Waals surface area contributed by atoms with E-state index in [1.54, 1.807) is 0 Å². The molecule has 3 rings (SSSR count). The third-order valence-electron chi connectivity index (χ3n) is 4.47. The van der Waals surface area contributed by atoms with E-state index in [0.29, 0.717) is 12.6 Å². The lowest BCUT2D eigenvalue weighted by Crippen LogP contribution is -2.45. The summed E-state index contributed by atoms with van der Waals surface area (Å²) >= 11 is 0. The Morgan fingerprint density at radius 3 is 2.95 bits per heavy atom. The summed E-state index contributed by atoms with van der Waals surface area (Å²) in [7, 11) is 0. The molecule has 2 heterocycles. The fraction of sp³-hybridized carbons (Fsp3) is 0.562. The third-order valence-corrected chi connectivity index (χ3v) is 4.47. The van der Waals surface area contributed by atoms with Crippen molar-refractivity contribution in [2.45, 2.75) is 38.6 Å². The first-order valence-electron chi connectivity index (χ1n) is 7.38. The highest BCUT2D eigenvalue weighted by atomic mass is 16.2. The van der Waals surface area contributed by atoms with E-state index in [4.69, 9.17) is 0 Å². The van der Waals surface area contributed by atoms with Crippen LogP contribution in [0.5, 0.6) is 0 Å². The molecule has 19 heavy (non-hydrogen) atoms. The molecule has 1 aromatic carbocycles. The van der Waals surface area contributed by atoms with Crippen molar-refractivity contribution >= 4 is 11.6 Å². The van der Waals surface area contributed by atoms with Crippen molar-refractivity contribution in [3.8, 4) is 0 Å². The van der Waals surface area contributed by atoms with Gasteiger partial charge in [-0.05, 0) is 44.4 Å². The standard InChI is InChI=1S/C16H22N2O/c1-13-6-4-5-10-17(13)12-16(19)18-11-9-14-7-2-3-8-15(14)18/h2-3,7-8,13H,4-6,9-12H2,1H3. The van der Waals surface area contributed by atoms with Crippen LogP contribution in [0.3, 0.4) is 0 Å². The maximum absolute atomic E-state index is 12.5. The minimum Gasteiger partial charge on any atom is -0.311 e. The zero-order valence-electron chi connectivity index (χ0n) is 11.6. The summed E-state index contributed by atoms with van der Waals surface area (Å²) in [6, 6.07) is 8.83. The van der Waals surface area contributed by atoms with Crippen LogP contribution in [0.25, 0.3) is 0 Å². The predicted molar refractivity (Wildman–Crippen MR) is 77.4 cm³/mol. The van der Waals surface area contributed by atoms with Crippen LogP contribution >= 0.6 is 0 Å². The maximum atomic E-state index is 12.5. The summed E-state index contributed by atoms with van der Waals surface area (Å²) < 4.78 is 0. The van der Waals surface area contributed by atoms with Gasteiger partial charge < -0.3 is 4.90 Å². The molecule has 0 saturated carbocycles. The molecule has 0 bridgehead atoms. The molecule has 1 aromatic rings. The molecule has 3 heteroatoms. The van der Waals surface area contributed by atoms with Crippen LogP contribution in [0.2, 0.25) is 0 Å². The molecule has 1 unspecified atom stereocenters. The number of carbonyl (C=O) groups is 1. The zero-order valence-corrected chi connectivity index (χ0v) is 11.6. The summed E-state index contributed by atoms with van der Waals surface area (Å²) in [5, 5.41) is 0. The van der Waals surface area contributed by atoms with Crippen LogP contribution in [0.1, 0.15) is 31.7 Å². The minimum absolute atomic E-state index is 0.263.